The lowest BCUT2D eigenvalue weighted by molar-refractivity contribution is -0.332. The zero-order valence-electron chi connectivity index (χ0n) is 44.9. The van der Waals surface area contributed by atoms with Crippen LogP contribution in [0.5, 0.6) is 0 Å². The topological polar surface area (TPSA) is 214 Å². The summed E-state index contributed by atoms with van der Waals surface area (Å²) in [5.74, 6) is -0.376. The molecule has 0 bridgehead atoms. The molecule has 2 fully saturated rings. The molecule has 0 radical (unpaired) electrons. The van der Waals surface area contributed by atoms with Crippen molar-refractivity contribution in [1.29, 1.82) is 0 Å². The van der Waals surface area contributed by atoms with E-state index in [0.29, 0.717) is 13.0 Å². The van der Waals surface area contributed by atoms with Crippen LogP contribution in [0.3, 0.4) is 0 Å². The van der Waals surface area contributed by atoms with Crippen molar-refractivity contribution in [3.8, 4) is 0 Å². The first-order chi connectivity index (χ1) is 35.1. The third kappa shape index (κ3) is 31.7. The lowest BCUT2D eigenvalue weighted by Crippen LogP contribution is -2.61. The second kappa shape index (κ2) is 45.2. The molecule has 72 heavy (non-hydrogen) atoms. The summed E-state index contributed by atoms with van der Waals surface area (Å²) in [7, 11) is 0. The minimum Gasteiger partial charge on any atom is -0.457 e. The highest BCUT2D eigenvalue weighted by molar-refractivity contribution is 5.69. The quantitative estimate of drug-likeness (QED) is 0.0172. The monoisotopic (exact) mass is 1020 g/mol. The Bertz CT molecular complexity index is 1370. The van der Waals surface area contributed by atoms with Crippen LogP contribution < -0.4 is 0 Å². The van der Waals surface area contributed by atoms with Crippen molar-refractivity contribution in [2.24, 2.45) is 0 Å². The van der Waals surface area contributed by atoms with Gasteiger partial charge in [0.05, 0.1) is 26.4 Å². The second-order valence-electron chi connectivity index (χ2n) is 20.1. The van der Waals surface area contributed by atoms with E-state index in [1.807, 2.05) is 0 Å². The van der Waals surface area contributed by atoms with Gasteiger partial charge in [-0.05, 0) is 51.4 Å². The molecule has 0 amide bonds. The highest BCUT2D eigenvalue weighted by atomic mass is 16.7. The van der Waals surface area contributed by atoms with Gasteiger partial charge in [0.15, 0.2) is 12.6 Å². The Hall–Kier alpha value is -2.05. The molecule has 0 aromatic rings. The molecule has 0 aromatic heterocycles. The molecule has 2 aliphatic rings. The molecule has 0 spiro atoms. The summed E-state index contributed by atoms with van der Waals surface area (Å²) in [4.78, 5) is 13.0. The van der Waals surface area contributed by atoms with Crippen molar-refractivity contribution in [2.45, 2.75) is 280 Å². The third-order valence-corrected chi connectivity index (χ3v) is 13.6. The van der Waals surface area contributed by atoms with E-state index in [0.717, 1.165) is 64.2 Å². The maximum atomic E-state index is 13.0. The van der Waals surface area contributed by atoms with Gasteiger partial charge in [-0.3, -0.25) is 4.79 Å². The van der Waals surface area contributed by atoms with Gasteiger partial charge < -0.3 is 64.2 Å². The lowest BCUT2D eigenvalue weighted by atomic mass is 9.98. The van der Waals surface area contributed by atoms with E-state index < -0.39 is 80.7 Å². The molecule has 0 aromatic carbocycles. The van der Waals surface area contributed by atoms with Crippen molar-refractivity contribution < 1.29 is 69.0 Å². The van der Waals surface area contributed by atoms with Crippen molar-refractivity contribution in [1.82, 2.24) is 0 Å². The third-order valence-electron chi connectivity index (χ3n) is 13.6. The molecule has 2 heterocycles. The standard InChI is InChI=1S/C58H104O14/c1-3-5-7-9-11-13-15-17-18-19-20-21-22-23-24-25-26-27-28-29-30-32-34-36-38-40-42-67-44-47(70-50(60)41-39-37-35-33-31-16-14-12-10-8-6-4-2)45-68-57-56(66)54(64)52(62)49(72-57)46-69-58-55(65)53(63)51(61)48(43-59)71-58/h5,7,11,13,17-18,20-21,47-49,51-59,61-66H,3-4,6,8-10,12,14-16,19,22-46H2,1-2H3/b7-5-,13-11-,18-17-,21-20-. The first kappa shape index (κ1) is 66.1. The minimum atomic E-state index is -1.71. The zero-order valence-corrected chi connectivity index (χ0v) is 44.9. The first-order valence-electron chi connectivity index (χ1n) is 28.7. The van der Waals surface area contributed by atoms with Crippen LogP contribution in [0.2, 0.25) is 0 Å². The molecule has 2 rings (SSSR count). The largest absolute Gasteiger partial charge is 0.457 e. The normalized spacial score (nSPS) is 25.5. The van der Waals surface area contributed by atoms with Crippen LogP contribution in [0.1, 0.15) is 213 Å². The number of rotatable bonds is 46. The number of carbonyl (C=O) groups is 1. The Morgan fingerprint density at radius 3 is 1.42 bits per heavy atom. The molecule has 2 aliphatic heterocycles. The molecule has 14 heteroatoms. The zero-order chi connectivity index (χ0) is 52.3. The molecule has 2 saturated heterocycles. The number of ether oxygens (including phenoxy) is 6. The summed E-state index contributed by atoms with van der Waals surface area (Å²) in [6.07, 6.45) is 37.5. The number of carbonyl (C=O) groups excluding carboxylic acids is 1. The van der Waals surface area contributed by atoms with E-state index in [4.69, 9.17) is 28.4 Å². The number of aliphatic hydroxyl groups is 7. The number of allylic oxidation sites excluding steroid dienone is 8. The van der Waals surface area contributed by atoms with E-state index in [9.17, 15) is 40.5 Å². The van der Waals surface area contributed by atoms with E-state index in [1.54, 1.807) is 0 Å². The molecule has 0 aliphatic carbocycles. The smallest absolute Gasteiger partial charge is 0.306 e. The SMILES string of the molecule is CC/C=C\C/C=C\C/C=C\C/C=C\CCCCCCCCCCCCCCCOCC(COC1OC(COC2OC(CO)C(O)C(O)C2O)C(O)C(O)C1O)OC(=O)CCCCCCCCCCCCCC. The maximum Gasteiger partial charge on any atom is 0.306 e. The summed E-state index contributed by atoms with van der Waals surface area (Å²) in [6, 6.07) is 0. The lowest BCUT2D eigenvalue weighted by Gasteiger charge is -2.42. The number of hydrogen-bond acceptors (Lipinski definition) is 14. The molecular weight excluding hydrogens is 921 g/mol. The number of hydrogen-bond donors (Lipinski definition) is 7. The van der Waals surface area contributed by atoms with Gasteiger partial charge >= 0.3 is 5.97 Å². The van der Waals surface area contributed by atoms with Gasteiger partial charge in [-0.25, -0.2) is 0 Å². The summed E-state index contributed by atoms with van der Waals surface area (Å²) in [6.45, 7) is 3.59. The Kier molecular flexibility index (Phi) is 41.4. The van der Waals surface area contributed by atoms with Gasteiger partial charge in [0.25, 0.3) is 0 Å². The first-order valence-corrected chi connectivity index (χ1v) is 28.7. The average Bonchev–Trinajstić information content (AvgIpc) is 3.38. The minimum absolute atomic E-state index is 0.0626. The molecular formula is C58H104O14. The number of aliphatic hydroxyl groups excluding tert-OH is 7. The van der Waals surface area contributed by atoms with Crippen LogP contribution in [0, 0.1) is 0 Å². The maximum absolute atomic E-state index is 13.0. The fourth-order valence-electron chi connectivity index (χ4n) is 8.98. The van der Waals surface area contributed by atoms with Crippen LogP contribution in [-0.4, -0.2) is 142 Å². The molecule has 0 saturated carbocycles. The fourth-order valence-corrected chi connectivity index (χ4v) is 8.98. The molecule has 7 N–H and O–H groups in total. The predicted molar refractivity (Wildman–Crippen MR) is 284 cm³/mol. The molecule has 11 atom stereocenters. The Labute approximate surface area is 435 Å². The van der Waals surface area contributed by atoms with E-state index in [1.165, 1.54) is 122 Å². The van der Waals surface area contributed by atoms with Crippen molar-refractivity contribution in [3.05, 3.63) is 48.6 Å². The van der Waals surface area contributed by atoms with Gasteiger partial charge in [-0.2, -0.15) is 0 Å². The predicted octanol–water partition coefficient (Wildman–Crippen LogP) is 9.91. The van der Waals surface area contributed by atoms with Crippen LogP contribution in [0.15, 0.2) is 48.6 Å². The van der Waals surface area contributed by atoms with E-state index >= 15 is 0 Å². The summed E-state index contributed by atoms with van der Waals surface area (Å²) in [5, 5.41) is 72.2. The second-order valence-corrected chi connectivity index (χ2v) is 20.1. The number of unbranched alkanes of at least 4 members (excludes halogenated alkanes) is 24. The van der Waals surface area contributed by atoms with Crippen LogP contribution in [0.25, 0.3) is 0 Å². The highest BCUT2D eigenvalue weighted by Gasteiger charge is 2.47. The van der Waals surface area contributed by atoms with Gasteiger partial charge in [0, 0.05) is 13.0 Å². The molecule has 14 nitrogen and oxygen atoms in total. The molecule has 420 valence electrons. The highest BCUT2D eigenvalue weighted by Crippen LogP contribution is 2.27. The Morgan fingerprint density at radius 2 is 0.903 bits per heavy atom. The average molecular weight is 1030 g/mol. The van der Waals surface area contributed by atoms with Gasteiger partial charge in [-0.15, -0.1) is 0 Å². The number of esters is 1. The van der Waals surface area contributed by atoms with Crippen LogP contribution in [0.4, 0.5) is 0 Å². The van der Waals surface area contributed by atoms with Gasteiger partial charge in [0.1, 0.15) is 54.9 Å². The van der Waals surface area contributed by atoms with Crippen molar-refractivity contribution in [2.75, 3.05) is 33.0 Å². The summed E-state index contributed by atoms with van der Waals surface area (Å²) in [5.41, 5.74) is 0. The molecule has 11 unspecified atom stereocenters. The fraction of sp³-hybridized carbons (Fsp3) is 0.845. The van der Waals surface area contributed by atoms with Crippen molar-refractivity contribution in [3.63, 3.8) is 0 Å². The summed E-state index contributed by atoms with van der Waals surface area (Å²) >= 11 is 0. The van der Waals surface area contributed by atoms with Gasteiger partial charge in [-0.1, -0.05) is 204 Å². The van der Waals surface area contributed by atoms with Gasteiger partial charge in [0.2, 0.25) is 0 Å². The Balaban J connectivity index is 1.66. The summed E-state index contributed by atoms with van der Waals surface area (Å²) < 4.78 is 34.4. The van der Waals surface area contributed by atoms with Crippen LogP contribution >= 0.6 is 0 Å². The Morgan fingerprint density at radius 1 is 0.472 bits per heavy atom. The van der Waals surface area contributed by atoms with Crippen molar-refractivity contribution >= 4 is 5.97 Å². The van der Waals surface area contributed by atoms with E-state index in [-0.39, 0.29) is 25.6 Å². The van der Waals surface area contributed by atoms with E-state index in [2.05, 4.69) is 62.5 Å². The van der Waals surface area contributed by atoms with Crippen LogP contribution in [-0.2, 0) is 33.2 Å².